The van der Waals surface area contributed by atoms with E-state index in [1.165, 1.54) is 0 Å². The van der Waals surface area contributed by atoms with Crippen molar-refractivity contribution >= 4 is 5.97 Å². The predicted octanol–water partition coefficient (Wildman–Crippen LogP) is -14.0. The minimum Gasteiger partial charge on any atom is -0.479 e. The Morgan fingerprint density at radius 2 is 0.706 bits per heavy atom. The molecule has 0 aromatic heterocycles. The quantitative estimate of drug-likeness (QED) is 0.0683. The molecule has 32 heteroatoms. The third kappa shape index (κ3) is 11.2. The molecule has 0 aromatic rings. The summed E-state index contributed by atoms with van der Waals surface area (Å²) in [7, 11) is 0. The third-order valence-corrected chi connectivity index (χ3v) is 12.4. The van der Waals surface area contributed by atoms with E-state index >= 15 is 0 Å². The van der Waals surface area contributed by atoms with Crippen molar-refractivity contribution in [3.8, 4) is 0 Å². The maximum atomic E-state index is 12.6. The van der Waals surface area contributed by atoms with Gasteiger partial charge in [0, 0.05) is 0 Å². The number of aliphatic hydroxyl groups is 19. The summed E-state index contributed by atoms with van der Waals surface area (Å²) < 4.78 is 59.8. The number of rotatable bonds is 16. The molecule has 0 bridgehead atoms. The van der Waals surface area contributed by atoms with E-state index in [9.17, 15) is 107 Å². The van der Waals surface area contributed by atoms with Crippen LogP contribution in [0.25, 0.3) is 0 Å². The molecule has 0 aromatic carbocycles. The van der Waals surface area contributed by atoms with Crippen LogP contribution in [0.1, 0.15) is 0 Å². The second kappa shape index (κ2) is 23.4. The number of hydrogen-bond acceptors (Lipinski definition) is 31. The minimum atomic E-state index is -2.42. The van der Waals surface area contributed by atoms with Gasteiger partial charge in [0.15, 0.2) is 43.8 Å². The highest BCUT2D eigenvalue weighted by molar-refractivity contribution is 5.73. The lowest BCUT2D eigenvalue weighted by molar-refractivity contribution is -0.399. The molecule has 0 spiro atoms. The Labute approximate surface area is 382 Å². The number of carbonyl (C=O) groups is 1. The zero-order chi connectivity index (χ0) is 50.2. The Balaban J connectivity index is 1.16. The summed E-state index contributed by atoms with van der Waals surface area (Å²) in [5.41, 5.74) is 0. The van der Waals surface area contributed by atoms with Crippen LogP contribution in [0.15, 0.2) is 0 Å². The molecule has 6 rings (SSSR count). The first-order valence-corrected chi connectivity index (χ1v) is 21.1. The van der Waals surface area contributed by atoms with Crippen molar-refractivity contribution in [1.82, 2.24) is 0 Å². The van der Waals surface area contributed by atoms with Gasteiger partial charge in [-0.15, -0.1) is 0 Å². The first kappa shape index (κ1) is 55.6. The molecule has 6 saturated heterocycles. The van der Waals surface area contributed by atoms with Gasteiger partial charge in [-0.2, -0.15) is 0 Å². The zero-order valence-corrected chi connectivity index (χ0v) is 35.2. The van der Waals surface area contributed by atoms with Crippen molar-refractivity contribution in [2.24, 2.45) is 0 Å². The predicted molar refractivity (Wildman–Crippen MR) is 200 cm³/mol. The molecule has 6 heterocycles. The molecule has 32 nitrogen and oxygen atoms in total. The third-order valence-electron chi connectivity index (χ3n) is 12.4. The van der Waals surface area contributed by atoms with Crippen LogP contribution < -0.4 is 0 Å². The SMILES string of the molecule is O=C(O)[C@H]1O[C@H](O[C@@H]2[C@H](O)[C@@H](O[C@@H]3[C@@H](O[C@H]4[C@@H](O)[C@@H](CO)OC(O)[C@@H]4O)O[C@H](CO)[C@@H](O)[C@@H]3O)O[C@H](CO)[C@H]2O)[C@H](O)[C@@H](O)[C@@H]1O[C@H]1O[C@H](CO[C@@H]2O[C@H](CO)[C@@H](O)[C@H](O)[C@H]2O)[C@@H](O)[C@H](O)[C@H]1O. The summed E-state index contributed by atoms with van der Waals surface area (Å²) >= 11 is 0. The summed E-state index contributed by atoms with van der Waals surface area (Å²) in [5.74, 6) is -1.94. The number of carboxylic acid groups (broad SMARTS) is 1. The molecule has 0 saturated carbocycles. The fraction of sp³-hybridized carbons (Fsp3) is 0.972. The summed E-state index contributed by atoms with van der Waals surface area (Å²) in [4.78, 5) is 12.6. The van der Waals surface area contributed by atoms with Gasteiger partial charge in [-0.1, -0.05) is 0 Å². The van der Waals surface area contributed by atoms with Crippen molar-refractivity contribution < 1.29 is 159 Å². The maximum absolute atomic E-state index is 12.6. The van der Waals surface area contributed by atoms with Gasteiger partial charge >= 0.3 is 5.97 Å². The smallest absolute Gasteiger partial charge is 0.335 e. The topological polar surface area (TPSA) is 523 Å². The van der Waals surface area contributed by atoms with Gasteiger partial charge < -0.3 is 154 Å². The lowest BCUT2D eigenvalue weighted by Gasteiger charge is -2.49. The van der Waals surface area contributed by atoms with Crippen molar-refractivity contribution in [2.75, 3.05) is 33.0 Å². The highest BCUT2D eigenvalue weighted by atomic mass is 16.8. The molecule has 6 aliphatic heterocycles. The first-order chi connectivity index (χ1) is 32.1. The molecule has 0 aliphatic carbocycles. The first-order valence-electron chi connectivity index (χ1n) is 21.1. The van der Waals surface area contributed by atoms with E-state index in [0.29, 0.717) is 0 Å². The number of hydrogen-bond donors (Lipinski definition) is 20. The minimum absolute atomic E-state index is 0.827. The van der Waals surface area contributed by atoms with Gasteiger partial charge in [0.1, 0.15) is 140 Å². The van der Waals surface area contributed by atoms with Crippen LogP contribution in [-0.2, 0) is 56.9 Å². The van der Waals surface area contributed by atoms with Crippen LogP contribution in [0.3, 0.4) is 0 Å². The van der Waals surface area contributed by atoms with Crippen LogP contribution in [0.4, 0.5) is 0 Å². The summed E-state index contributed by atoms with van der Waals surface area (Å²) in [6.07, 6.45) is -60.8. The molecule has 396 valence electrons. The molecule has 6 aliphatic rings. The molecule has 1 unspecified atom stereocenters. The average molecular weight is 1000 g/mol. The lowest BCUT2D eigenvalue weighted by atomic mass is 9.95. The number of ether oxygens (including phenoxy) is 11. The van der Waals surface area contributed by atoms with Crippen molar-refractivity contribution in [2.45, 2.75) is 184 Å². The lowest BCUT2D eigenvalue weighted by Crippen LogP contribution is -2.68. The van der Waals surface area contributed by atoms with Crippen LogP contribution in [0.5, 0.6) is 0 Å². The second-order valence-corrected chi connectivity index (χ2v) is 16.8. The number of aliphatic hydroxyl groups excluding tert-OH is 19. The average Bonchev–Trinajstić information content (AvgIpc) is 3.31. The van der Waals surface area contributed by atoms with E-state index in [-0.39, 0.29) is 0 Å². The largest absolute Gasteiger partial charge is 0.479 e. The van der Waals surface area contributed by atoms with Crippen LogP contribution in [0.2, 0.25) is 0 Å². The van der Waals surface area contributed by atoms with Gasteiger partial charge in [0.2, 0.25) is 0 Å². The van der Waals surface area contributed by atoms with E-state index in [1.54, 1.807) is 0 Å². The van der Waals surface area contributed by atoms with Gasteiger partial charge in [0.05, 0.1) is 33.0 Å². The van der Waals surface area contributed by atoms with E-state index in [4.69, 9.17) is 52.1 Å². The highest BCUT2D eigenvalue weighted by Gasteiger charge is 2.58. The zero-order valence-electron chi connectivity index (χ0n) is 35.2. The maximum Gasteiger partial charge on any atom is 0.335 e. The van der Waals surface area contributed by atoms with Crippen LogP contribution >= 0.6 is 0 Å². The fourth-order valence-corrected chi connectivity index (χ4v) is 8.35. The van der Waals surface area contributed by atoms with E-state index in [1.807, 2.05) is 0 Å². The number of carboxylic acids is 1. The highest BCUT2D eigenvalue weighted by Crippen LogP contribution is 2.36. The Morgan fingerprint density at radius 3 is 1.28 bits per heavy atom. The van der Waals surface area contributed by atoms with E-state index in [2.05, 4.69) is 0 Å². The van der Waals surface area contributed by atoms with Crippen LogP contribution in [0, 0.1) is 0 Å². The molecule has 6 fully saturated rings. The van der Waals surface area contributed by atoms with E-state index < -0.39 is 223 Å². The summed E-state index contributed by atoms with van der Waals surface area (Å²) in [6, 6.07) is 0. The van der Waals surface area contributed by atoms with Crippen molar-refractivity contribution in [3.05, 3.63) is 0 Å². The van der Waals surface area contributed by atoms with Crippen molar-refractivity contribution in [3.63, 3.8) is 0 Å². The van der Waals surface area contributed by atoms with Gasteiger partial charge in [-0.3, -0.25) is 0 Å². The molecule has 68 heavy (non-hydrogen) atoms. The Morgan fingerprint density at radius 1 is 0.338 bits per heavy atom. The normalized spacial score (nSPS) is 52.7. The number of aliphatic carboxylic acids is 1. The monoisotopic (exact) mass is 1000 g/mol. The molecular weight excluding hydrogens is 944 g/mol. The molecular formula is C36H60O32. The molecule has 0 radical (unpaired) electrons. The van der Waals surface area contributed by atoms with Gasteiger partial charge in [-0.05, 0) is 0 Å². The standard InChI is InChI=1S/C36H60O32/c37-1-6-11(41)16(46)20(50)32(60-6)58-5-10-13(43)17(47)21(51)33(63-10)66-27-19(49)22(52)34(68-29(27)30(55)56)64-26-15(45)9(4-40)61-35(24(26)54)67-28-18(48)12(42)7(2-38)62-36(28)65-25-14(44)8(3-39)59-31(57)23(25)53/h6-29,31-54,57H,1-5H2,(H,55,56)/t6-,7-,8-,9-,10-,11-,12-,13-,14+,15-,16+,17+,18+,19-,20-,21-,22-,23-,24+,25+,26+,27+,28+,29+,31?,32-,33-,34+,35-,36-/m1/s1. The summed E-state index contributed by atoms with van der Waals surface area (Å²) in [5, 5.41) is 210. The Bertz CT molecular complexity index is 1590. The Kier molecular flexibility index (Phi) is 19.2. The van der Waals surface area contributed by atoms with E-state index in [0.717, 1.165) is 0 Å². The molecule has 20 N–H and O–H groups in total. The Hall–Kier alpha value is -1.73. The second-order valence-electron chi connectivity index (χ2n) is 16.8. The summed E-state index contributed by atoms with van der Waals surface area (Å²) in [6.45, 7) is -4.62. The fourth-order valence-electron chi connectivity index (χ4n) is 8.35. The molecule has 30 atom stereocenters. The molecule has 0 amide bonds. The van der Waals surface area contributed by atoms with Crippen molar-refractivity contribution in [1.29, 1.82) is 0 Å². The van der Waals surface area contributed by atoms with Gasteiger partial charge in [-0.25, -0.2) is 4.79 Å². The van der Waals surface area contributed by atoms with Crippen LogP contribution in [-0.4, -0.2) is 325 Å². The van der Waals surface area contributed by atoms with Gasteiger partial charge in [0.25, 0.3) is 0 Å².